The Morgan fingerprint density at radius 1 is 1.00 bits per heavy atom. The SMILES string of the molecule is CC(C)(C)C1CCCC(NCC2(CO)CCCC2)CC1. The molecule has 2 unspecified atom stereocenters. The molecular weight excluding hydrogens is 246 g/mol. The second-order valence-electron chi connectivity index (χ2n) is 8.51. The summed E-state index contributed by atoms with van der Waals surface area (Å²) in [5.41, 5.74) is 0.669. The fraction of sp³-hybridized carbons (Fsp3) is 1.00. The first-order valence-electron chi connectivity index (χ1n) is 8.79. The van der Waals surface area contributed by atoms with Crippen molar-refractivity contribution < 1.29 is 5.11 Å². The minimum atomic E-state index is 0.204. The van der Waals surface area contributed by atoms with Gasteiger partial charge in [-0.2, -0.15) is 0 Å². The average Bonchev–Trinajstić information content (AvgIpc) is 2.73. The molecule has 2 heteroatoms. The first-order valence-corrected chi connectivity index (χ1v) is 8.79. The summed E-state index contributed by atoms with van der Waals surface area (Å²) in [4.78, 5) is 0. The van der Waals surface area contributed by atoms with Gasteiger partial charge in [0.05, 0.1) is 0 Å². The predicted octanol–water partition coefficient (Wildman–Crippen LogP) is 4.12. The molecule has 2 rings (SSSR count). The Morgan fingerprint density at radius 3 is 2.30 bits per heavy atom. The van der Waals surface area contributed by atoms with E-state index in [0.29, 0.717) is 18.1 Å². The molecule has 0 aromatic heterocycles. The monoisotopic (exact) mass is 281 g/mol. The average molecular weight is 281 g/mol. The van der Waals surface area contributed by atoms with Crippen molar-refractivity contribution in [3.8, 4) is 0 Å². The van der Waals surface area contributed by atoms with Gasteiger partial charge in [0.1, 0.15) is 0 Å². The normalized spacial score (nSPS) is 31.2. The van der Waals surface area contributed by atoms with Crippen molar-refractivity contribution in [2.24, 2.45) is 16.7 Å². The molecule has 2 aliphatic carbocycles. The molecule has 0 spiro atoms. The van der Waals surface area contributed by atoms with Gasteiger partial charge < -0.3 is 10.4 Å². The van der Waals surface area contributed by atoms with Gasteiger partial charge in [-0.3, -0.25) is 0 Å². The van der Waals surface area contributed by atoms with E-state index >= 15 is 0 Å². The van der Waals surface area contributed by atoms with Crippen LogP contribution in [0.5, 0.6) is 0 Å². The first-order chi connectivity index (χ1) is 9.45. The molecule has 0 aliphatic heterocycles. The van der Waals surface area contributed by atoms with Gasteiger partial charge in [0.15, 0.2) is 0 Å². The van der Waals surface area contributed by atoms with Crippen LogP contribution in [0.25, 0.3) is 0 Å². The van der Waals surface area contributed by atoms with Crippen molar-refractivity contribution in [3.63, 3.8) is 0 Å². The third-order valence-electron chi connectivity index (χ3n) is 5.96. The van der Waals surface area contributed by atoms with E-state index in [4.69, 9.17) is 0 Å². The molecule has 0 radical (unpaired) electrons. The van der Waals surface area contributed by atoms with E-state index in [2.05, 4.69) is 26.1 Å². The lowest BCUT2D eigenvalue weighted by molar-refractivity contribution is 0.123. The smallest absolute Gasteiger partial charge is 0.0499 e. The maximum atomic E-state index is 9.71. The quantitative estimate of drug-likeness (QED) is 0.760. The summed E-state index contributed by atoms with van der Waals surface area (Å²) in [6.07, 6.45) is 11.8. The number of hydrogen-bond acceptors (Lipinski definition) is 2. The van der Waals surface area contributed by atoms with E-state index in [-0.39, 0.29) is 5.41 Å². The summed E-state index contributed by atoms with van der Waals surface area (Å²) >= 11 is 0. The number of aliphatic hydroxyl groups excluding tert-OH is 1. The molecule has 0 heterocycles. The largest absolute Gasteiger partial charge is 0.396 e. The van der Waals surface area contributed by atoms with Crippen LogP contribution in [0.2, 0.25) is 0 Å². The Kier molecular flexibility index (Phi) is 5.53. The summed E-state index contributed by atoms with van der Waals surface area (Å²) in [5.74, 6) is 0.882. The summed E-state index contributed by atoms with van der Waals surface area (Å²) in [6.45, 7) is 8.59. The second-order valence-corrected chi connectivity index (χ2v) is 8.51. The predicted molar refractivity (Wildman–Crippen MR) is 85.8 cm³/mol. The van der Waals surface area contributed by atoms with E-state index < -0.39 is 0 Å². The van der Waals surface area contributed by atoms with Crippen LogP contribution in [0.1, 0.15) is 78.6 Å². The Hall–Kier alpha value is -0.0800. The molecule has 0 bridgehead atoms. The molecule has 0 aromatic carbocycles. The van der Waals surface area contributed by atoms with Crippen LogP contribution < -0.4 is 5.32 Å². The van der Waals surface area contributed by atoms with Crippen molar-refractivity contribution in [3.05, 3.63) is 0 Å². The fourth-order valence-electron chi connectivity index (χ4n) is 4.25. The molecule has 2 saturated carbocycles. The number of aliphatic hydroxyl groups is 1. The highest BCUT2D eigenvalue weighted by Gasteiger charge is 2.34. The van der Waals surface area contributed by atoms with E-state index in [9.17, 15) is 5.11 Å². The van der Waals surface area contributed by atoms with Crippen LogP contribution in [0, 0.1) is 16.7 Å². The molecule has 2 N–H and O–H groups in total. The molecule has 0 amide bonds. The Morgan fingerprint density at radius 2 is 1.70 bits per heavy atom. The zero-order valence-electron chi connectivity index (χ0n) is 13.9. The van der Waals surface area contributed by atoms with Gasteiger partial charge in [-0.15, -0.1) is 0 Å². The van der Waals surface area contributed by atoms with E-state index in [1.54, 1.807) is 0 Å². The van der Waals surface area contributed by atoms with E-state index in [1.165, 1.54) is 57.8 Å². The standard InChI is InChI=1S/C18H35NO/c1-17(2,3)15-7-6-8-16(10-9-15)19-13-18(14-20)11-4-5-12-18/h15-16,19-20H,4-14H2,1-3H3. The Labute approximate surface area is 125 Å². The van der Waals surface area contributed by atoms with Crippen molar-refractivity contribution in [1.82, 2.24) is 5.32 Å². The Balaban J connectivity index is 1.79. The number of rotatable bonds is 4. The molecule has 0 saturated heterocycles. The van der Waals surface area contributed by atoms with E-state index in [0.717, 1.165) is 12.5 Å². The number of nitrogens with one attached hydrogen (secondary N) is 1. The zero-order valence-corrected chi connectivity index (χ0v) is 13.9. The zero-order chi connectivity index (χ0) is 14.6. The minimum Gasteiger partial charge on any atom is -0.396 e. The van der Waals surface area contributed by atoms with Gasteiger partial charge in [0, 0.05) is 24.6 Å². The highest BCUT2D eigenvalue weighted by molar-refractivity contribution is 4.88. The van der Waals surface area contributed by atoms with Gasteiger partial charge in [-0.1, -0.05) is 40.0 Å². The van der Waals surface area contributed by atoms with Crippen LogP contribution in [0.4, 0.5) is 0 Å². The highest BCUT2D eigenvalue weighted by Crippen LogP contribution is 2.39. The maximum Gasteiger partial charge on any atom is 0.0499 e. The molecule has 2 nitrogen and oxygen atoms in total. The molecule has 0 aromatic rings. The lowest BCUT2D eigenvalue weighted by Crippen LogP contribution is -2.40. The van der Waals surface area contributed by atoms with E-state index in [1.807, 2.05) is 0 Å². The number of hydrogen-bond donors (Lipinski definition) is 2. The molecular formula is C18H35NO. The van der Waals surface area contributed by atoms with Gasteiger partial charge in [0.2, 0.25) is 0 Å². The van der Waals surface area contributed by atoms with Crippen molar-refractivity contribution >= 4 is 0 Å². The third kappa shape index (κ3) is 4.21. The minimum absolute atomic E-state index is 0.204. The van der Waals surface area contributed by atoms with Gasteiger partial charge in [0.25, 0.3) is 0 Å². The first kappa shape index (κ1) is 16.3. The van der Waals surface area contributed by atoms with Crippen LogP contribution >= 0.6 is 0 Å². The van der Waals surface area contributed by atoms with Gasteiger partial charge >= 0.3 is 0 Å². The fourth-order valence-corrected chi connectivity index (χ4v) is 4.25. The molecule has 2 aliphatic rings. The van der Waals surface area contributed by atoms with Gasteiger partial charge in [-0.25, -0.2) is 0 Å². The Bertz CT molecular complexity index is 288. The molecule has 2 atom stereocenters. The topological polar surface area (TPSA) is 32.3 Å². The summed E-state index contributed by atoms with van der Waals surface area (Å²) in [7, 11) is 0. The lowest BCUT2D eigenvalue weighted by atomic mass is 9.76. The molecule has 118 valence electrons. The van der Waals surface area contributed by atoms with Gasteiger partial charge in [-0.05, 0) is 49.9 Å². The van der Waals surface area contributed by atoms with Crippen molar-refractivity contribution in [1.29, 1.82) is 0 Å². The van der Waals surface area contributed by atoms with Crippen molar-refractivity contribution in [2.45, 2.75) is 84.6 Å². The third-order valence-corrected chi connectivity index (χ3v) is 5.96. The van der Waals surface area contributed by atoms with Crippen LogP contribution in [0.15, 0.2) is 0 Å². The molecule has 20 heavy (non-hydrogen) atoms. The highest BCUT2D eigenvalue weighted by atomic mass is 16.3. The lowest BCUT2D eigenvalue weighted by Gasteiger charge is -2.31. The molecule has 2 fully saturated rings. The van der Waals surface area contributed by atoms with Crippen LogP contribution in [-0.4, -0.2) is 24.3 Å². The summed E-state index contributed by atoms with van der Waals surface area (Å²) in [5, 5.41) is 13.5. The summed E-state index contributed by atoms with van der Waals surface area (Å²) in [6, 6.07) is 0.686. The second kappa shape index (κ2) is 6.79. The van der Waals surface area contributed by atoms with Crippen LogP contribution in [0.3, 0.4) is 0 Å². The van der Waals surface area contributed by atoms with Crippen LogP contribution in [-0.2, 0) is 0 Å². The summed E-state index contributed by atoms with van der Waals surface area (Å²) < 4.78 is 0. The maximum absolute atomic E-state index is 9.71. The van der Waals surface area contributed by atoms with Crippen molar-refractivity contribution in [2.75, 3.05) is 13.2 Å².